The van der Waals surface area contributed by atoms with Crippen LogP contribution in [-0.4, -0.2) is 10.2 Å². The molecule has 3 heteroatoms. The summed E-state index contributed by atoms with van der Waals surface area (Å²) in [7, 11) is 0. The summed E-state index contributed by atoms with van der Waals surface area (Å²) < 4.78 is 0.669. The van der Waals surface area contributed by atoms with Crippen LogP contribution in [0, 0.1) is 4.64 Å². The Balaban J connectivity index is 3.28. The Morgan fingerprint density at radius 3 is 2.86 bits per heavy atom. The maximum atomic E-state index is 4.69. The minimum absolute atomic E-state index is 0.669. The third-order valence-corrected chi connectivity index (χ3v) is 0.810. The molecule has 7 heavy (non-hydrogen) atoms. The molecule has 1 N–H and O–H groups in total. The summed E-state index contributed by atoms with van der Waals surface area (Å²) in [6.07, 6.45) is 1.65. The Morgan fingerprint density at radius 1 is 1.71 bits per heavy atom. The van der Waals surface area contributed by atoms with E-state index in [0.29, 0.717) is 4.64 Å². The number of rotatable bonds is 0. The zero-order valence-electron chi connectivity index (χ0n) is 3.59. The standard InChI is InChI=1S/C4H4N2S/c7-4-2-1-3-5-6-4/h1-3H,(H,6,7). The SMILES string of the molecule is S=c1cccn[nH]1. The van der Waals surface area contributed by atoms with Gasteiger partial charge in [-0.25, -0.2) is 0 Å². The number of hydrogen-bond acceptors (Lipinski definition) is 2. The molecule has 1 aromatic heterocycles. The van der Waals surface area contributed by atoms with E-state index < -0.39 is 0 Å². The third-order valence-electron chi connectivity index (χ3n) is 0.583. The van der Waals surface area contributed by atoms with Crippen molar-refractivity contribution in [3.63, 3.8) is 0 Å². The summed E-state index contributed by atoms with van der Waals surface area (Å²) in [6.45, 7) is 0. The van der Waals surface area contributed by atoms with Crippen molar-refractivity contribution in [3.05, 3.63) is 23.0 Å². The summed E-state index contributed by atoms with van der Waals surface area (Å²) in [5.41, 5.74) is 0. The molecule has 0 saturated carbocycles. The van der Waals surface area contributed by atoms with E-state index in [4.69, 9.17) is 12.2 Å². The number of nitrogens with one attached hydrogen (secondary N) is 1. The first-order valence-electron chi connectivity index (χ1n) is 1.89. The van der Waals surface area contributed by atoms with Gasteiger partial charge in [0.2, 0.25) is 0 Å². The van der Waals surface area contributed by atoms with Crippen LogP contribution >= 0.6 is 12.2 Å². The second kappa shape index (κ2) is 1.84. The van der Waals surface area contributed by atoms with Gasteiger partial charge in [-0.05, 0) is 12.1 Å². The zero-order chi connectivity index (χ0) is 5.11. The van der Waals surface area contributed by atoms with Gasteiger partial charge in [0.15, 0.2) is 0 Å². The van der Waals surface area contributed by atoms with Crippen molar-refractivity contribution in [3.8, 4) is 0 Å². The van der Waals surface area contributed by atoms with E-state index in [-0.39, 0.29) is 0 Å². The summed E-state index contributed by atoms with van der Waals surface area (Å²) in [4.78, 5) is 0. The van der Waals surface area contributed by atoms with E-state index in [1.165, 1.54) is 0 Å². The quantitative estimate of drug-likeness (QED) is 0.510. The van der Waals surface area contributed by atoms with Gasteiger partial charge in [0.25, 0.3) is 0 Å². The molecule has 0 aliphatic heterocycles. The third kappa shape index (κ3) is 1.08. The minimum Gasteiger partial charge on any atom is -0.268 e. The highest BCUT2D eigenvalue weighted by atomic mass is 32.1. The highest BCUT2D eigenvalue weighted by molar-refractivity contribution is 7.71. The number of aromatic nitrogens is 2. The molecule has 36 valence electrons. The highest BCUT2D eigenvalue weighted by Crippen LogP contribution is 1.76. The second-order valence-electron chi connectivity index (χ2n) is 1.11. The lowest BCUT2D eigenvalue weighted by atomic mass is 10.6. The maximum Gasteiger partial charge on any atom is 0.119 e. The Kier molecular flexibility index (Phi) is 1.17. The maximum absolute atomic E-state index is 4.69. The zero-order valence-corrected chi connectivity index (χ0v) is 4.40. The van der Waals surface area contributed by atoms with E-state index in [2.05, 4.69) is 10.2 Å². The molecule has 1 aromatic rings. The summed E-state index contributed by atoms with van der Waals surface area (Å²) >= 11 is 4.69. The van der Waals surface area contributed by atoms with Crippen molar-refractivity contribution >= 4 is 12.2 Å². The van der Waals surface area contributed by atoms with Crippen molar-refractivity contribution in [1.29, 1.82) is 0 Å². The molecule has 0 bridgehead atoms. The molecule has 0 amide bonds. The molecule has 0 atom stereocenters. The lowest BCUT2D eigenvalue weighted by Crippen LogP contribution is -1.74. The van der Waals surface area contributed by atoms with Crippen LogP contribution in [0.5, 0.6) is 0 Å². The van der Waals surface area contributed by atoms with Gasteiger partial charge in [-0.15, -0.1) is 0 Å². The Hall–Kier alpha value is -0.700. The van der Waals surface area contributed by atoms with Gasteiger partial charge in [0.1, 0.15) is 4.64 Å². The molecular weight excluding hydrogens is 108 g/mol. The number of hydrogen-bond donors (Lipinski definition) is 1. The van der Waals surface area contributed by atoms with Crippen molar-refractivity contribution in [1.82, 2.24) is 10.2 Å². The average Bonchev–Trinajstić information content (AvgIpc) is 1.69. The first-order valence-corrected chi connectivity index (χ1v) is 2.30. The fourth-order valence-electron chi connectivity index (χ4n) is 0.312. The van der Waals surface area contributed by atoms with Crippen molar-refractivity contribution in [2.75, 3.05) is 0 Å². The topological polar surface area (TPSA) is 28.7 Å². The molecule has 0 aromatic carbocycles. The van der Waals surface area contributed by atoms with Crippen LogP contribution in [0.1, 0.15) is 0 Å². The first-order chi connectivity index (χ1) is 3.39. The average molecular weight is 112 g/mol. The second-order valence-corrected chi connectivity index (χ2v) is 1.55. The van der Waals surface area contributed by atoms with Crippen LogP contribution in [0.3, 0.4) is 0 Å². The predicted octanol–water partition coefficient (Wildman–Crippen LogP) is 1.14. The molecule has 0 saturated heterocycles. The van der Waals surface area contributed by atoms with Crippen LogP contribution < -0.4 is 0 Å². The van der Waals surface area contributed by atoms with E-state index in [1.54, 1.807) is 18.3 Å². The predicted molar refractivity (Wildman–Crippen MR) is 29.4 cm³/mol. The Labute approximate surface area is 46.2 Å². The normalized spacial score (nSPS) is 8.57. The van der Waals surface area contributed by atoms with Crippen LogP contribution in [0.15, 0.2) is 18.3 Å². The van der Waals surface area contributed by atoms with E-state index in [0.717, 1.165) is 0 Å². The van der Waals surface area contributed by atoms with Gasteiger partial charge in [0, 0.05) is 6.20 Å². The summed E-state index contributed by atoms with van der Waals surface area (Å²) in [6, 6.07) is 3.57. The fraction of sp³-hybridized carbons (Fsp3) is 0. The number of H-pyrrole nitrogens is 1. The number of nitrogens with zero attached hydrogens (tertiary/aromatic N) is 1. The lowest BCUT2D eigenvalue weighted by Gasteiger charge is -1.75. The molecule has 0 radical (unpaired) electrons. The Morgan fingerprint density at radius 2 is 2.57 bits per heavy atom. The largest absolute Gasteiger partial charge is 0.268 e. The van der Waals surface area contributed by atoms with Crippen LogP contribution in [0.25, 0.3) is 0 Å². The molecule has 0 aliphatic carbocycles. The smallest absolute Gasteiger partial charge is 0.119 e. The van der Waals surface area contributed by atoms with Crippen LogP contribution in [0.4, 0.5) is 0 Å². The van der Waals surface area contributed by atoms with E-state index in [1.807, 2.05) is 0 Å². The fourth-order valence-corrected chi connectivity index (χ4v) is 0.443. The molecule has 1 heterocycles. The molecule has 0 unspecified atom stereocenters. The summed E-state index contributed by atoms with van der Waals surface area (Å²) in [5.74, 6) is 0. The lowest BCUT2D eigenvalue weighted by molar-refractivity contribution is 1.02. The molecular formula is C4H4N2S. The van der Waals surface area contributed by atoms with Gasteiger partial charge < -0.3 is 0 Å². The molecule has 0 aliphatic rings. The highest BCUT2D eigenvalue weighted by Gasteiger charge is 1.66. The van der Waals surface area contributed by atoms with Crippen molar-refractivity contribution in [2.45, 2.75) is 0 Å². The van der Waals surface area contributed by atoms with Crippen molar-refractivity contribution < 1.29 is 0 Å². The minimum atomic E-state index is 0.669. The van der Waals surface area contributed by atoms with Gasteiger partial charge >= 0.3 is 0 Å². The Bertz CT molecular complexity index is 175. The van der Waals surface area contributed by atoms with Gasteiger partial charge in [-0.1, -0.05) is 12.2 Å². The number of aromatic amines is 1. The van der Waals surface area contributed by atoms with Gasteiger partial charge in [-0.3, -0.25) is 5.10 Å². The van der Waals surface area contributed by atoms with E-state index >= 15 is 0 Å². The van der Waals surface area contributed by atoms with E-state index in [9.17, 15) is 0 Å². The van der Waals surface area contributed by atoms with Crippen LogP contribution in [-0.2, 0) is 0 Å². The monoisotopic (exact) mass is 112 g/mol. The summed E-state index contributed by atoms with van der Waals surface area (Å²) in [5, 5.41) is 6.25. The van der Waals surface area contributed by atoms with Gasteiger partial charge in [-0.2, -0.15) is 5.10 Å². The molecule has 0 spiro atoms. The van der Waals surface area contributed by atoms with Crippen LogP contribution in [0.2, 0.25) is 0 Å². The first kappa shape index (κ1) is 4.46. The van der Waals surface area contributed by atoms with Gasteiger partial charge in [0.05, 0.1) is 0 Å². The molecule has 1 rings (SSSR count). The molecule has 2 nitrogen and oxygen atoms in total. The van der Waals surface area contributed by atoms with Crippen molar-refractivity contribution in [2.24, 2.45) is 0 Å². The molecule has 0 fully saturated rings.